The van der Waals surface area contributed by atoms with Crippen LogP contribution in [0.25, 0.3) is 0 Å². The Kier molecular flexibility index (Phi) is 17.6. The van der Waals surface area contributed by atoms with Crippen molar-refractivity contribution in [3.05, 3.63) is 0 Å². The standard InChI is InChI=1S/C16H34O4S.Na/c1-3-5-6-7-8-9-10-11-13-15(17)14-16(12-4-2)21(18,19)20;/h15-17H,3-14H2,1-2H3,(H,18,19,20);/q;+1/p-1. The van der Waals surface area contributed by atoms with Gasteiger partial charge in [-0.1, -0.05) is 71.6 Å². The van der Waals surface area contributed by atoms with Crippen molar-refractivity contribution < 1.29 is 47.6 Å². The van der Waals surface area contributed by atoms with Gasteiger partial charge in [-0.05, 0) is 19.3 Å². The van der Waals surface area contributed by atoms with Crippen molar-refractivity contribution in [2.24, 2.45) is 0 Å². The van der Waals surface area contributed by atoms with Crippen molar-refractivity contribution >= 4 is 10.1 Å². The predicted octanol–water partition coefficient (Wildman–Crippen LogP) is 0.986. The molecule has 0 saturated heterocycles. The maximum atomic E-state index is 11.1. The number of hydrogen-bond acceptors (Lipinski definition) is 4. The van der Waals surface area contributed by atoms with Crippen molar-refractivity contribution in [2.75, 3.05) is 0 Å². The molecule has 0 aliphatic rings. The summed E-state index contributed by atoms with van der Waals surface area (Å²) < 4.78 is 33.3. The second kappa shape index (κ2) is 15.4. The van der Waals surface area contributed by atoms with Crippen LogP contribution in [0.2, 0.25) is 0 Å². The molecular formula is C16H33NaO4S. The molecule has 0 rings (SSSR count). The van der Waals surface area contributed by atoms with Gasteiger partial charge in [-0.3, -0.25) is 0 Å². The van der Waals surface area contributed by atoms with E-state index in [9.17, 15) is 18.1 Å². The first-order valence-electron chi connectivity index (χ1n) is 8.54. The van der Waals surface area contributed by atoms with Crippen LogP contribution < -0.4 is 29.6 Å². The second-order valence-corrected chi connectivity index (χ2v) is 7.71. The van der Waals surface area contributed by atoms with Gasteiger partial charge in [-0.25, -0.2) is 8.42 Å². The molecule has 4 nitrogen and oxygen atoms in total. The Balaban J connectivity index is 0. The van der Waals surface area contributed by atoms with Gasteiger partial charge in [-0.2, -0.15) is 0 Å². The Morgan fingerprint density at radius 1 is 0.864 bits per heavy atom. The third kappa shape index (κ3) is 14.5. The van der Waals surface area contributed by atoms with E-state index in [1.54, 1.807) is 0 Å². The van der Waals surface area contributed by atoms with Crippen LogP contribution >= 0.6 is 0 Å². The Morgan fingerprint density at radius 3 is 1.82 bits per heavy atom. The van der Waals surface area contributed by atoms with E-state index in [0.717, 1.165) is 12.8 Å². The summed E-state index contributed by atoms with van der Waals surface area (Å²) in [5.41, 5.74) is 0. The Labute approximate surface area is 159 Å². The first-order chi connectivity index (χ1) is 9.91. The van der Waals surface area contributed by atoms with Crippen molar-refractivity contribution in [3.8, 4) is 0 Å². The van der Waals surface area contributed by atoms with Gasteiger partial charge in [0.1, 0.15) is 0 Å². The maximum Gasteiger partial charge on any atom is 1.00 e. The average molecular weight is 344 g/mol. The molecule has 2 unspecified atom stereocenters. The normalized spacial score (nSPS) is 14.4. The molecule has 1 N–H and O–H groups in total. The van der Waals surface area contributed by atoms with E-state index in [4.69, 9.17) is 0 Å². The topological polar surface area (TPSA) is 77.4 Å². The van der Waals surface area contributed by atoms with Crippen LogP contribution in [-0.2, 0) is 10.1 Å². The van der Waals surface area contributed by atoms with Gasteiger partial charge in [0.05, 0.1) is 21.5 Å². The van der Waals surface area contributed by atoms with E-state index in [2.05, 4.69) is 6.92 Å². The molecule has 0 bridgehead atoms. The van der Waals surface area contributed by atoms with Crippen LogP contribution in [-0.4, -0.2) is 29.4 Å². The van der Waals surface area contributed by atoms with Gasteiger partial charge in [0.25, 0.3) is 0 Å². The molecule has 0 aliphatic carbocycles. The molecule has 0 spiro atoms. The van der Waals surface area contributed by atoms with Gasteiger partial charge < -0.3 is 9.66 Å². The van der Waals surface area contributed by atoms with Gasteiger partial charge in [0.15, 0.2) is 0 Å². The second-order valence-electron chi connectivity index (χ2n) is 6.06. The van der Waals surface area contributed by atoms with Gasteiger partial charge in [-0.15, -0.1) is 0 Å². The van der Waals surface area contributed by atoms with Crippen LogP contribution in [0, 0.1) is 0 Å². The number of aliphatic hydroxyl groups is 1. The fourth-order valence-corrected chi connectivity index (χ4v) is 3.62. The summed E-state index contributed by atoms with van der Waals surface area (Å²) in [7, 11) is -4.28. The third-order valence-corrected chi connectivity index (χ3v) is 5.19. The van der Waals surface area contributed by atoms with Gasteiger partial charge in [0, 0.05) is 0 Å². The van der Waals surface area contributed by atoms with E-state index in [1.807, 2.05) is 6.92 Å². The molecule has 0 aliphatic heterocycles. The van der Waals surface area contributed by atoms with E-state index in [-0.39, 0.29) is 36.0 Å². The zero-order valence-corrected chi connectivity index (χ0v) is 17.5. The van der Waals surface area contributed by atoms with Gasteiger partial charge >= 0.3 is 29.6 Å². The number of aliphatic hydroxyl groups excluding tert-OH is 1. The summed E-state index contributed by atoms with van der Waals surface area (Å²) in [4.78, 5) is 0. The van der Waals surface area contributed by atoms with Crippen molar-refractivity contribution in [1.29, 1.82) is 0 Å². The van der Waals surface area contributed by atoms with E-state index in [0.29, 0.717) is 19.3 Å². The number of hydrogen-bond donors (Lipinski definition) is 1. The molecule has 0 amide bonds. The minimum Gasteiger partial charge on any atom is -0.748 e. The summed E-state index contributed by atoms with van der Waals surface area (Å²) in [6, 6.07) is 0. The SMILES string of the molecule is CCCCCCCCCCC(O)CC(CCC)S(=O)(=O)[O-].[Na+]. The van der Waals surface area contributed by atoms with Crippen LogP contribution in [0.1, 0.15) is 90.9 Å². The molecule has 0 fully saturated rings. The predicted molar refractivity (Wildman–Crippen MR) is 86.2 cm³/mol. The molecule has 0 aromatic rings. The monoisotopic (exact) mass is 344 g/mol. The van der Waals surface area contributed by atoms with Crippen LogP contribution in [0.4, 0.5) is 0 Å². The average Bonchev–Trinajstić information content (AvgIpc) is 2.40. The maximum absolute atomic E-state index is 11.1. The zero-order valence-electron chi connectivity index (χ0n) is 14.7. The van der Waals surface area contributed by atoms with Crippen molar-refractivity contribution in [1.82, 2.24) is 0 Å². The summed E-state index contributed by atoms with van der Waals surface area (Å²) in [5.74, 6) is 0. The summed E-state index contributed by atoms with van der Waals surface area (Å²) >= 11 is 0. The zero-order chi connectivity index (χ0) is 16.1. The third-order valence-electron chi connectivity index (χ3n) is 3.94. The van der Waals surface area contributed by atoms with Crippen LogP contribution in [0.5, 0.6) is 0 Å². The first kappa shape index (κ1) is 25.1. The molecule has 0 heterocycles. The molecule has 0 saturated carbocycles. The van der Waals surface area contributed by atoms with E-state index in [1.165, 1.54) is 38.5 Å². The summed E-state index contributed by atoms with van der Waals surface area (Å²) in [6.07, 6.45) is 10.6. The fourth-order valence-electron chi connectivity index (χ4n) is 2.64. The van der Waals surface area contributed by atoms with E-state index < -0.39 is 21.5 Å². The molecule has 0 aromatic heterocycles. The molecule has 22 heavy (non-hydrogen) atoms. The Hall–Kier alpha value is 0.870. The summed E-state index contributed by atoms with van der Waals surface area (Å²) in [5, 5.41) is 8.95. The minimum absolute atomic E-state index is 0. The summed E-state index contributed by atoms with van der Waals surface area (Å²) in [6.45, 7) is 4.05. The smallest absolute Gasteiger partial charge is 0.748 e. The fraction of sp³-hybridized carbons (Fsp3) is 1.00. The van der Waals surface area contributed by atoms with Gasteiger partial charge in [0.2, 0.25) is 0 Å². The molecule has 0 radical (unpaired) electrons. The van der Waals surface area contributed by atoms with E-state index >= 15 is 0 Å². The first-order valence-corrected chi connectivity index (χ1v) is 10.0. The molecule has 6 heteroatoms. The number of rotatable bonds is 14. The molecule has 2 atom stereocenters. The Bertz CT molecular complexity index is 333. The largest absolute Gasteiger partial charge is 1.00 e. The quantitative estimate of drug-likeness (QED) is 0.290. The minimum atomic E-state index is -4.28. The van der Waals surface area contributed by atoms with Crippen LogP contribution in [0.3, 0.4) is 0 Å². The number of unbranched alkanes of at least 4 members (excludes halogenated alkanes) is 7. The van der Waals surface area contributed by atoms with Crippen molar-refractivity contribution in [3.63, 3.8) is 0 Å². The molecule has 128 valence electrons. The molecule has 0 aromatic carbocycles. The van der Waals surface area contributed by atoms with Crippen molar-refractivity contribution in [2.45, 2.75) is 102 Å². The Morgan fingerprint density at radius 2 is 1.36 bits per heavy atom. The molecular weight excluding hydrogens is 311 g/mol. The van der Waals surface area contributed by atoms with Crippen LogP contribution in [0.15, 0.2) is 0 Å².